The molecule has 5 rings (SSSR count). The van der Waals surface area contributed by atoms with Crippen molar-refractivity contribution in [2.45, 2.75) is 77.0 Å². The second-order valence-electron chi connectivity index (χ2n) is 9.54. The largest absolute Gasteiger partial charge is 0.351 e. The summed E-state index contributed by atoms with van der Waals surface area (Å²) in [6, 6.07) is 12.4. The minimum absolute atomic E-state index is 0.0333. The van der Waals surface area contributed by atoms with Crippen LogP contribution in [-0.4, -0.2) is 32.9 Å². The number of carbonyl (C=O) groups is 2. The predicted molar refractivity (Wildman–Crippen MR) is 129 cm³/mol. The molecule has 0 bridgehead atoms. The predicted octanol–water partition coefficient (Wildman–Crippen LogP) is 5.26. The van der Waals surface area contributed by atoms with Crippen molar-refractivity contribution >= 4 is 33.4 Å². The number of nitrogens with zero attached hydrogens (tertiary/aromatic N) is 2. The van der Waals surface area contributed by atoms with E-state index >= 15 is 0 Å². The first-order chi connectivity index (χ1) is 15.5. The van der Waals surface area contributed by atoms with Crippen LogP contribution >= 0.6 is 11.3 Å². The molecule has 168 valence electrons. The van der Waals surface area contributed by atoms with Gasteiger partial charge in [0.05, 0.1) is 16.8 Å². The third-order valence-electron chi connectivity index (χ3n) is 7.32. The standard InChI is InChI=1S/C26H31N3O2S/c1-18-9-7-8-10-19(18)16-29-24(30)22-15-23-21(13-14-32-23)28(22)17-26(29,2)25(31)27-20-11-5-3-4-6-12-20/h7-10,13-15,20H,3-6,11-12,16-17H2,1-2H3,(H,27,31)/t26-/m0/s1. The van der Waals surface area contributed by atoms with Crippen molar-refractivity contribution < 1.29 is 9.59 Å². The van der Waals surface area contributed by atoms with E-state index in [9.17, 15) is 9.59 Å². The van der Waals surface area contributed by atoms with Gasteiger partial charge in [-0.2, -0.15) is 0 Å². The number of fused-ring (bicyclic) bond motifs is 3. The van der Waals surface area contributed by atoms with Crippen LogP contribution in [0.25, 0.3) is 10.2 Å². The van der Waals surface area contributed by atoms with E-state index in [-0.39, 0.29) is 17.9 Å². The molecule has 1 atom stereocenters. The zero-order valence-corrected chi connectivity index (χ0v) is 19.7. The molecular formula is C26H31N3O2S. The number of aryl methyl sites for hydroxylation is 1. The fraction of sp³-hybridized carbons (Fsp3) is 0.462. The number of hydrogen-bond acceptors (Lipinski definition) is 3. The van der Waals surface area contributed by atoms with Crippen molar-refractivity contribution in [3.8, 4) is 0 Å². The molecule has 1 aromatic carbocycles. The van der Waals surface area contributed by atoms with E-state index in [4.69, 9.17) is 0 Å². The van der Waals surface area contributed by atoms with Crippen LogP contribution in [0.5, 0.6) is 0 Å². The van der Waals surface area contributed by atoms with E-state index in [1.807, 2.05) is 30.5 Å². The highest BCUT2D eigenvalue weighted by Gasteiger charge is 2.48. The minimum Gasteiger partial charge on any atom is -0.351 e. The molecule has 1 saturated carbocycles. The second kappa shape index (κ2) is 8.39. The van der Waals surface area contributed by atoms with Gasteiger partial charge in [-0.05, 0) is 55.3 Å². The minimum atomic E-state index is -0.952. The Balaban J connectivity index is 1.53. The number of hydrogen-bond donors (Lipinski definition) is 1. The lowest BCUT2D eigenvalue weighted by molar-refractivity contribution is -0.134. The summed E-state index contributed by atoms with van der Waals surface area (Å²) in [5, 5.41) is 5.39. The lowest BCUT2D eigenvalue weighted by Crippen LogP contribution is -2.64. The summed E-state index contributed by atoms with van der Waals surface area (Å²) in [6.45, 7) is 4.90. The molecule has 32 heavy (non-hydrogen) atoms. The SMILES string of the molecule is Cc1ccccc1CN1C(=O)c2cc3sccc3n2C[C@@]1(C)C(=O)NC1CCCCCC1. The maximum atomic E-state index is 13.8. The fourth-order valence-corrected chi connectivity index (χ4v) is 6.07. The van der Waals surface area contributed by atoms with Crippen LogP contribution in [0.2, 0.25) is 0 Å². The molecule has 6 heteroatoms. The van der Waals surface area contributed by atoms with Gasteiger partial charge in [-0.1, -0.05) is 49.9 Å². The first-order valence-corrected chi connectivity index (χ1v) is 12.6. The molecule has 3 heterocycles. The van der Waals surface area contributed by atoms with Gasteiger partial charge in [0.25, 0.3) is 5.91 Å². The van der Waals surface area contributed by atoms with Gasteiger partial charge in [0, 0.05) is 12.6 Å². The first-order valence-electron chi connectivity index (χ1n) is 11.7. The van der Waals surface area contributed by atoms with Crippen LogP contribution in [0.4, 0.5) is 0 Å². The summed E-state index contributed by atoms with van der Waals surface area (Å²) < 4.78 is 3.15. The summed E-state index contributed by atoms with van der Waals surface area (Å²) in [7, 11) is 0. The zero-order valence-electron chi connectivity index (χ0n) is 18.9. The Labute approximate surface area is 193 Å². The lowest BCUT2D eigenvalue weighted by Gasteiger charge is -2.44. The van der Waals surface area contributed by atoms with Gasteiger partial charge >= 0.3 is 0 Å². The smallest absolute Gasteiger partial charge is 0.271 e. The Kier molecular flexibility index (Phi) is 5.58. The molecule has 1 fully saturated rings. The van der Waals surface area contributed by atoms with E-state index in [0.29, 0.717) is 18.8 Å². The fourth-order valence-electron chi connectivity index (χ4n) is 5.24. The Bertz CT molecular complexity index is 1150. The van der Waals surface area contributed by atoms with Gasteiger partial charge in [-0.3, -0.25) is 9.59 Å². The summed E-state index contributed by atoms with van der Waals surface area (Å²) in [4.78, 5) is 29.4. The molecule has 0 saturated heterocycles. The normalized spacial score (nSPS) is 22.1. The number of thiophene rings is 1. The number of rotatable bonds is 4. The molecule has 2 aliphatic rings. The van der Waals surface area contributed by atoms with Crippen LogP contribution < -0.4 is 5.32 Å². The van der Waals surface area contributed by atoms with E-state index in [1.165, 1.54) is 12.8 Å². The molecular weight excluding hydrogens is 418 g/mol. The Morgan fingerprint density at radius 1 is 1.16 bits per heavy atom. The topological polar surface area (TPSA) is 54.3 Å². The number of nitrogens with one attached hydrogen (secondary N) is 1. The average Bonchev–Trinajstić information content (AvgIpc) is 3.27. The van der Waals surface area contributed by atoms with Gasteiger partial charge in [0.1, 0.15) is 11.2 Å². The third kappa shape index (κ3) is 3.64. The van der Waals surface area contributed by atoms with E-state index < -0.39 is 5.54 Å². The van der Waals surface area contributed by atoms with Crippen LogP contribution in [0.1, 0.15) is 67.1 Å². The average molecular weight is 450 g/mol. The van der Waals surface area contributed by atoms with Crippen molar-refractivity contribution in [2.24, 2.45) is 0 Å². The van der Waals surface area contributed by atoms with Crippen molar-refractivity contribution in [3.05, 3.63) is 58.6 Å². The molecule has 0 spiro atoms. The molecule has 2 aromatic heterocycles. The summed E-state index contributed by atoms with van der Waals surface area (Å²) >= 11 is 1.64. The van der Waals surface area contributed by atoms with Gasteiger partial charge in [0.2, 0.25) is 5.91 Å². The summed E-state index contributed by atoms with van der Waals surface area (Å²) in [5.74, 6) is -0.101. The Morgan fingerprint density at radius 3 is 2.66 bits per heavy atom. The third-order valence-corrected chi connectivity index (χ3v) is 8.17. The number of carbonyl (C=O) groups excluding carboxylic acids is 2. The second-order valence-corrected chi connectivity index (χ2v) is 10.5. The van der Waals surface area contributed by atoms with Crippen LogP contribution in [0.3, 0.4) is 0 Å². The molecule has 1 N–H and O–H groups in total. The summed E-state index contributed by atoms with van der Waals surface area (Å²) in [5.41, 5.74) is 2.99. The van der Waals surface area contributed by atoms with Crippen LogP contribution in [0.15, 0.2) is 41.8 Å². The highest BCUT2D eigenvalue weighted by molar-refractivity contribution is 7.17. The molecule has 3 aromatic rings. The number of amides is 2. The molecule has 2 amide bonds. The molecule has 1 aliphatic heterocycles. The van der Waals surface area contributed by atoms with Crippen LogP contribution in [-0.2, 0) is 17.9 Å². The van der Waals surface area contributed by atoms with Crippen molar-refractivity contribution in [2.75, 3.05) is 0 Å². The number of benzene rings is 1. The zero-order chi connectivity index (χ0) is 22.3. The van der Waals surface area contributed by atoms with Gasteiger partial charge in [-0.15, -0.1) is 11.3 Å². The first kappa shape index (κ1) is 21.3. The monoisotopic (exact) mass is 449 g/mol. The van der Waals surface area contributed by atoms with Gasteiger partial charge < -0.3 is 14.8 Å². The molecule has 1 aliphatic carbocycles. The lowest BCUT2D eigenvalue weighted by atomic mass is 9.92. The molecule has 0 unspecified atom stereocenters. The highest BCUT2D eigenvalue weighted by Crippen LogP contribution is 2.35. The highest BCUT2D eigenvalue weighted by atomic mass is 32.1. The quantitative estimate of drug-likeness (QED) is 0.552. The maximum absolute atomic E-state index is 13.8. The molecule has 0 radical (unpaired) electrons. The van der Waals surface area contributed by atoms with E-state index in [0.717, 1.165) is 47.0 Å². The van der Waals surface area contributed by atoms with Crippen molar-refractivity contribution in [1.82, 2.24) is 14.8 Å². The Hall–Kier alpha value is -2.60. The van der Waals surface area contributed by atoms with E-state index in [2.05, 4.69) is 35.0 Å². The van der Waals surface area contributed by atoms with Crippen molar-refractivity contribution in [1.29, 1.82) is 0 Å². The summed E-state index contributed by atoms with van der Waals surface area (Å²) in [6.07, 6.45) is 6.85. The van der Waals surface area contributed by atoms with Crippen LogP contribution in [0, 0.1) is 6.92 Å². The van der Waals surface area contributed by atoms with Gasteiger partial charge in [0.15, 0.2) is 0 Å². The van der Waals surface area contributed by atoms with Gasteiger partial charge in [-0.25, -0.2) is 0 Å². The number of aromatic nitrogens is 1. The molecule has 5 nitrogen and oxygen atoms in total. The Morgan fingerprint density at radius 2 is 1.91 bits per heavy atom. The van der Waals surface area contributed by atoms with E-state index in [1.54, 1.807) is 16.2 Å². The maximum Gasteiger partial charge on any atom is 0.271 e. The van der Waals surface area contributed by atoms with Crippen molar-refractivity contribution in [3.63, 3.8) is 0 Å².